The van der Waals surface area contributed by atoms with Gasteiger partial charge in [0.2, 0.25) is 0 Å². The summed E-state index contributed by atoms with van der Waals surface area (Å²) >= 11 is 0. The van der Waals surface area contributed by atoms with Gasteiger partial charge >= 0.3 is 0 Å². The third-order valence-corrected chi connectivity index (χ3v) is 4.07. The van der Waals surface area contributed by atoms with Gasteiger partial charge in [0.25, 0.3) is 0 Å². The molecule has 1 aliphatic heterocycles. The minimum absolute atomic E-state index is 0.348. The summed E-state index contributed by atoms with van der Waals surface area (Å²) in [7, 11) is 0. The molecule has 3 nitrogen and oxygen atoms in total. The number of hydrogen-bond donors (Lipinski definition) is 1. The number of hydrogen-bond acceptors (Lipinski definition) is 3. The lowest BCUT2D eigenvalue weighted by Crippen LogP contribution is -2.33. The van der Waals surface area contributed by atoms with Crippen LogP contribution in [0, 0.1) is 0 Å². The Kier molecular flexibility index (Phi) is 5.09. The van der Waals surface area contributed by atoms with E-state index in [1.165, 1.54) is 24.0 Å². The Morgan fingerprint density at radius 2 is 1.55 bits per heavy atom. The predicted octanol–water partition coefficient (Wildman–Crippen LogP) is 3.19. The SMILES string of the molecule is OC(COc1ccc(-c2ccccc2)cc1)CN1CCCC1. The zero-order chi connectivity index (χ0) is 15.2. The topological polar surface area (TPSA) is 32.7 Å². The molecule has 1 fully saturated rings. The molecule has 2 aromatic rings. The van der Waals surface area contributed by atoms with Crippen molar-refractivity contribution in [3.8, 4) is 16.9 Å². The van der Waals surface area contributed by atoms with Crippen LogP contribution in [0.4, 0.5) is 0 Å². The number of β-amino-alcohol motifs (C(OH)–C–C–N with tert-alkyl or cyclic N) is 1. The van der Waals surface area contributed by atoms with Gasteiger partial charge in [0, 0.05) is 6.54 Å². The van der Waals surface area contributed by atoms with Gasteiger partial charge < -0.3 is 14.7 Å². The van der Waals surface area contributed by atoms with Gasteiger partial charge in [0.05, 0.1) is 0 Å². The fourth-order valence-electron chi connectivity index (χ4n) is 2.88. The zero-order valence-corrected chi connectivity index (χ0v) is 12.8. The maximum absolute atomic E-state index is 10.0. The summed E-state index contributed by atoms with van der Waals surface area (Å²) in [5.41, 5.74) is 2.37. The van der Waals surface area contributed by atoms with E-state index in [9.17, 15) is 5.11 Å². The summed E-state index contributed by atoms with van der Waals surface area (Å²) in [5, 5.41) is 10.0. The molecule has 22 heavy (non-hydrogen) atoms. The Morgan fingerprint density at radius 3 is 2.23 bits per heavy atom. The van der Waals surface area contributed by atoms with Crippen LogP contribution >= 0.6 is 0 Å². The van der Waals surface area contributed by atoms with E-state index in [1.807, 2.05) is 30.3 Å². The number of aliphatic hydroxyl groups is 1. The van der Waals surface area contributed by atoms with Crippen LogP contribution in [0.5, 0.6) is 5.75 Å². The lowest BCUT2D eigenvalue weighted by Gasteiger charge is -2.19. The highest BCUT2D eigenvalue weighted by Crippen LogP contribution is 2.22. The van der Waals surface area contributed by atoms with Gasteiger partial charge in [-0.25, -0.2) is 0 Å². The minimum Gasteiger partial charge on any atom is -0.491 e. The summed E-state index contributed by atoms with van der Waals surface area (Å²) in [6, 6.07) is 18.3. The van der Waals surface area contributed by atoms with Crippen molar-refractivity contribution in [1.82, 2.24) is 4.90 Å². The summed E-state index contributed by atoms with van der Waals surface area (Å²) in [6.45, 7) is 3.26. The number of aliphatic hydroxyl groups excluding tert-OH is 1. The summed E-state index contributed by atoms with van der Waals surface area (Å²) in [5.74, 6) is 0.806. The molecule has 3 heteroatoms. The van der Waals surface area contributed by atoms with Crippen molar-refractivity contribution in [3.05, 3.63) is 54.6 Å². The Balaban J connectivity index is 1.50. The molecule has 0 saturated carbocycles. The Hall–Kier alpha value is -1.84. The molecule has 1 heterocycles. The molecular weight excluding hydrogens is 274 g/mol. The molecule has 1 atom stereocenters. The highest BCUT2D eigenvalue weighted by molar-refractivity contribution is 5.63. The molecule has 0 bridgehead atoms. The number of ether oxygens (including phenoxy) is 1. The highest BCUT2D eigenvalue weighted by atomic mass is 16.5. The van der Waals surface area contributed by atoms with E-state index in [2.05, 4.69) is 29.2 Å². The molecule has 3 rings (SSSR count). The average molecular weight is 297 g/mol. The van der Waals surface area contributed by atoms with E-state index < -0.39 is 6.10 Å². The molecule has 1 saturated heterocycles. The van der Waals surface area contributed by atoms with Gasteiger partial charge in [-0.2, -0.15) is 0 Å². The largest absolute Gasteiger partial charge is 0.491 e. The number of nitrogens with zero attached hydrogens (tertiary/aromatic N) is 1. The second kappa shape index (κ2) is 7.43. The average Bonchev–Trinajstić information content (AvgIpc) is 3.07. The molecule has 0 radical (unpaired) electrons. The van der Waals surface area contributed by atoms with E-state index in [-0.39, 0.29) is 0 Å². The first-order chi connectivity index (χ1) is 10.8. The molecule has 0 amide bonds. The fourth-order valence-corrected chi connectivity index (χ4v) is 2.88. The van der Waals surface area contributed by atoms with Crippen LogP contribution in [0.3, 0.4) is 0 Å². The molecule has 1 N–H and O–H groups in total. The third-order valence-electron chi connectivity index (χ3n) is 4.07. The van der Waals surface area contributed by atoms with Crippen molar-refractivity contribution >= 4 is 0 Å². The molecule has 0 aliphatic carbocycles. The quantitative estimate of drug-likeness (QED) is 0.889. The van der Waals surface area contributed by atoms with E-state index in [0.29, 0.717) is 13.2 Å². The van der Waals surface area contributed by atoms with Crippen molar-refractivity contribution in [2.24, 2.45) is 0 Å². The first-order valence-corrected chi connectivity index (χ1v) is 8.00. The molecule has 0 spiro atoms. The lowest BCUT2D eigenvalue weighted by atomic mass is 10.1. The Labute approximate surface area is 132 Å². The Morgan fingerprint density at radius 1 is 0.909 bits per heavy atom. The first kappa shape index (κ1) is 15.1. The van der Waals surface area contributed by atoms with Gasteiger partial charge in [-0.1, -0.05) is 42.5 Å². The Bertz CT molecular complexity index is 562. The number of benzene rings is 2. The monoisotopic (exact) mass is 297 g/mol. The van der Waals surface area contributed by atoms with Crippen molar-refractivity contribution in [3.63, 3.8) is 0 Å². The van der Waals surface area contributed by atoms with Crippen molar-refractivity contribution < 1.29 is 9.84 Å². The van der Waals surface area contributed by atoms with Gasteiger partial charge in [-0.3, -0.25) is 0 Å². The smallest absolute Gasteiger partial charge is 0.119 e. The molecule has 1 aliphatic rings. The minimum atomic E-state index is -0.424. The van der Waals surface area contributed by atoms with Gasteiger partial charge in [-0.05, 0) is 49.2 Å². The second-order valence-electron chi connectivity index (χ2n) is 5.86. The van der Waals surface area contributed by atoms with Crippen molar-refractivity contribution in [2.75, 3.05) is 26.2 Å². The summed E-state index contributed by atoms with van der Waals surface area (Å²) in [4.78, 5) is 2.30. The fraction of sp³-hybridized carbons (Fsp3) is 0.368. The van der Waals surface area contributed by atoms with Crippen LogP contribution < -0.4 is 4.74 Å². The molecule has 2 aromatic carbocycles. The number of rotatable bonds is 6. The zero-order valence-electron chi connectivity index (χ0n) is 12.8. The van der Waals surface area contributed by atoms with Crippen LogP contribution in [-0.4, -0.2) is 42.4 Å². The summed E-state index contributed by atoms with van der Waals surface area (Å²) in [6.07, 6.45) is 2.06. The van der Waals surface area contributed by atoms with Crippen molar-refractivity contribution in [2.45, 2.75) is 18.9 Å². The van der Waals surface area contributed by atoms with Gasteiger partial charge in [0.1, 0.15) is 18.5 Å². The van der Waals surface area contributed by atoms with E-state index >= 15 is 0 Å². The third kappa shape index (κ3) is 4.09. The van der Waals surface area contributed by atoms with Crippen LogP contribution in [-0.2, 0) is 0 Å². The summed E-state index contributed by atoms with van der Waals surface area (Å²) < 4.78 is 5.69. The van der Waals surface area contributed by atoms with Gasteiger partial charge in [0.15, 0.2) is 0 Å². The highest BCUT2D eigenvalue weighted by Gasteiger charge is 2.16. The van der Waals surface area contributed by atoms with Gasteiger partial charge in [-0.15, -0.1) is 0 Å². The maximum atomic E-state index is 10.0. The van der Waals surface area contributed by atoms with E-state index in [4.69, 9.17) is 4.74 Å². The van der Waals surface area contributed by atoms with E-state index in [0.717, 1.165) is 18.8 Å². The maximum Gasteiger partial charge on any atom is 0.119 e. The normalized spacial score (nSPS) is 16.6. The molecular formula is C19H23NO2. The first-order valence-electron chi connectivity index (χ1n) is 8.00. The molecule has 1 unspecified atom stereocenters. The van der Waals surface area contributed by atoms with Crippen LogP contribution in [0.15, 0.2) is 54.6 Å². The number of likely N-dealkylation sites (tertiary alicyclic amines) is 1. The molecule has 116 valence electrons. The van der Waals surface area contributed by atoms with Crippen LogP contribution in [0.1, 0.15) is 12.8 Å². The predicted molar refractivity (Wildman–Crippen MR) is 89.1 cm³/mol. The second-order valence-corrected chi connectivity index (χ2v) is 5.86. The van der Waals surface area contributed by atoms with Crippen molar-refractivity contribution in [1.29, 1.82) is 0 Å². The standard InChI is InChI=1S/C19H23NO2/c21-18(14-20-12-4-5-13-20)15-22-19-10-8-17(9-11-19)16-6-2-1-3-7-16/h1-3,6-11,18,21H,4-5,12-15H2. The van der Waals surface area contributed by atoms with Crippen LogP contribution in [0.2, 0.25) is 0 Å². The molecule has 0 aromatic heterocycles. The lowest BCUT2D eigenvalue weighted by molar-refractivity contribution is 0.0758. The van der Waals surface area contributed by atoms with E-state index in [1.54, 1.807) is 0 Å². The van der Waals surface area contributed by atoms with Crippen LogP contribution in [0.25, 0.3) is 11.1 Å².